The number of thioether (sulfide) groups is 1. The molecule has 1 aliphatic heterocycles. The average Bonchev–Trinajstić information content (AvgIpc) is 3.38. The van der Waals surface area contributed by atoms with Crippen LogP contribution in [0.15, 0.2) is 34.2 Å². The predicted molar refractivity (Wildman–Crippen MR) is 175 cm³/mol. The van der Waals surface area contributed by atoms with Crippen molar-refractivity contribution < 1.29 is 27.4 Å². The number of amides is 1. The number of nitrogens with zero attached hydrogens (tertiary/aromatic N) is 4. The molecule has 3 aromatic rings. The molecular formula is C33H41F3N6O4S. The van der Waals surface area contributed by atoms with Gasteiger partial charge in [-0.2, -0.15) is 13.2 Å². The van der Waals surface area contributed by atoms with Crippen molar-refractivity contribution in [1.82, 2.24) is 25.2 Å². The van der Waals surface area contributed by atoms with Crippen LogP contribution in [0.1, 0.15) is 59.8 Å². The van der Waals surface area contributed by atoms with Gasteiger partial charge in [-0.15, -0.1) is 11.8 Å². The van der Waals surface area contributed by atoms with Gasteiger partial charge in [0.15, 0.2) is 11.5 Å². The summed E-state index contributed by atoms with van der Waals surface area (Å²) in [6.07, 6.45) is 3.32. The molecule has 14 heteroatoms. The molecule has 1 aromatic carbocycles. The predicted octanol–water partition coefficient (Wildman–Crippen LogP) is 5.71. The molecule has 3 heterocycles. The van der Waals surface area contributed by atoms with Crippen molar-refractivity contribution in [3.63, 3.8) is 0 Å². The maximum absolute atomic E-state index is 13.8. The number of ether oxygens (including phenoxy) is 2. The zero-order valence-corrected chi connectivity index (χ0v) is 28.5. The van der Waals surface area contributed by atoms with E-state index in [0.29, 0.717) is 70.9 Å². The molecular weight excluding hydrogens is 633 g/mol. The van der Waals surface area contributed by atoms with Gasteiger partial charge in [0.1, 0.15) is 0 Å². The summed E-state index contributed by atoms with van der Waals surface area (Å²) >= 11 is 1.43. The van der Waals surface area contributed by atoms with Crippen LogP contribution in [0.4, 0.5) is 19.1 Å². The molecule has 0 saturated heterocycles. The van der Waals surface area contributed by atoms with Gasteiger partial charge in [-0.1, -0.05) is 0 Å². The van der Waals surface area contributed by atoms with Crippen LogP contribution < -0.4 is 25.2 Å². The molecule has 1 fully saturated rings. The zero-order chi connectivity index (χ0) is 34.3. The first-order chi connectivity index (χ1) is 22.1. The normalized spacial score (nSPS) is 20.8. The second kappa shape index (κ2) is 13.4. The number of benzene rings is 1. The zero-order valence-electron chi connectivity index (χ0n) is 27.7. The van der Waals surface area contributed by atoms with Gasteiger partial charge in [0.2, 0.25) is 5.95 Å². The Balaban J connectivity index is 1.45. The number of hydrogen-bond acceptors (Lipinski definition) is 9. The number of alkyl halides is 3. The number of anilines is 1. The molecule has 1 saturated carbocycles. The van der Waals surface area contributed by atoms with Crippen LogP contribution >= 0.6 is 11.8 Å². The largest absolute Gasteiger partial charge is 0.448 e. The van der Waals surface area contributed by atoms with E-state index < -0.39 is 24.4 Å². The Bertz CT molecular complexity index is 1690. The molecule has 2 aromatic heterocycles. The highest BCUT2D eigenvalue weighted by molar-refractivity contribution is 7.98. The van der Waals surface area contributed by atoms with E-state index in [1.807, 2.05) is 40.3 Å². The summed E-state index contributed by atoms with van der Waals surface area (Å²) in [6.45, 7) is 4.52. The van der Waals surface area contributed by atoms with Crippen LogP contribution in [0, 0.1) is 19.8 Å². The number of nitrogens with one attached hydrogen (secondary N) is 2. The molecule has 10 nitrogen and oxygen atoms in total. The molecule has 1 atom stereocenters. The molecule has 254 valence electrons. The third-order valence-electron chi connectivity index (χ3n) is 9.05. The Hall–Kier alpha value is -3.78. The Morgan fingerprint density at radius 1 is 1.09 bits per heavy atom. The quantitative estimate of drug-likeness (QED) is 0.276. The summed E-state index contributed by atoms with van der Waals surface area (Å²) in [4.78, 5) is 42.1. The van der Waals surface area contributed by atoms with E-state index in [1.54, 1.807) is 30.3 Å². The van der Waals surface area contributed by atoms with Gasteiger partial charge >= 0.3 is 6.18 Å². The molecule has 0 radical (unpaired) electrons. The highest BCUT2D eigenvalue weighted by atomic mass is 32.2. The Morgan fingerprint density at radius 2 is 1.72 bits per heavy atom. The number of hydrogen-bond donors (Lipinski definition) is 2. The van der Waals surface area contributed by atoms with E-state index in [-0.39, 0.29) is 24.1 Å². The highest BCUT2D eigenvalue weighted by Crippen LogP contribution is 2.53. The maximum atomic E-state index is 13.8. The van der Waals surface area contributed by atoms with E-state index >= 15 is 0 Å². The van der Waals surface area contributed by atoms with Gasteiger partial charge in [-0.25, -0.2) is 9.97 Å². The lowest BCUT2D eigenvalue weighted by atomic mass is 9.81. The van der Waals surface area contributed by atoms with Gasteiger partial charge in [0.25, 0.3) is 17.3 Å². The average molecular weight is 675 g/mol. The second-order valence-corrected chi connectivity index (χ2v) is 13.5. The number of fused-ring (bicyclic) bond motifs is 1. The van der Waals surface area contributed by atoms with E-state index in [1.165, 1.54) is 23.7 Å². The Labute approximate surface area is 276 Å². The summed E-state index contributed by atoms with van der Waals surface area (Å²) in [5.74, 6) is -0.204. The Kier molecular flexibility index (Phi) is 9.84. The summed E-state index contributed by atoms with van der Waals surface area (Å²) in [6, 6.07) is 3.41. The summed E-state index contributed by atoms with van der Waals surface area (Å²) < 4.78 is 52.3. The van der Waals surface area contributed by atoms with E-state index in [4.69, 9.17) is 9.47 Å². The standard InChI is InChI=1S/C33H41F3N6O4S/c1-18-12-26(47-7)25(30(44)40-18)16-37-29(43)23-13-24(20-14-38-31(39-15-20)41(4)5)28-27(19(23)2)45-32(3,46-28)21-8-10-22(11-9-21)42(6)17-33(34,35)36/h12-15,21-22H,8-11,16-17H2,1-7H3,(H,37,43)(H,40,44). The van der Waals surface area contributed by atoms with E-state index in [9.17, 15) is 22.8 Å². The number of aromatic amines is 1. The minimum atomic E-state index is -4.25. The SMILES string of the molecule is CSc1cc(C)[nH]c(=O)c1CNC(=O)c1cc(-c2cnc(N(C)C)nc2)c2c(c1C)OC(C)(C1CCC(N(C)CC(F)(F)F)CC1)O2. The monoisotopic (exact) mass is 674 g/mol. The van der Waals surface area contributed by atoms with Crippen molar-refractivity contribution in [1.29, 1.82) is 0 Å². The van der Waals surface area contributed by atoms with E-state index in [2.05, 4.69) is 20.3 Å². The fourth-order valence-electron chi connectivity index (χ4n) is 6.44. The van der Waals surface area contributed by atoms with Gasteiger partial charge < -0.3 is 24.7 Å². The molecule has 2 N–H and O–H groups in total. The molecule has 1 aliphatic carbocycles. The molecule has 47 heavy (non-hydrogen) atoms. The number of carbonyl (C=O) groups is 1. The first-order valence-corrected chi connectivity index (χ1v) is 16.7. The molecule has 5 rings (SSSR count). The fourth-order valence-corrected chi connectivity index (χ4v) is 7.15. The van der Waals surface area contributed by atoms with Crippen molar-refractivity contribution in [3.8, 4) is 22.6 Å². The summed E-state index contributed by atoms with van der Waals surface area (Å²) in [5, 5.41) is 2.91. The fraction of sp³-hybridized carbons (Fsp3) is 0.515. The third-order valence-corrected chi connectivity index (χ3v) is 9.86. The van der Waals surface area contributed by atoms with Gasteiger partial charge in [-0.3, -0.25) is 14.5 Å². The summed E-state index contributed by atoms with van der Waals surface area (Å²) in [7, 11) is 5.18. The second-order valence-electron chi connectivity index (χ2n) is 12.7. The highest BCUT2D eigenvalue weighted by Gasteiger charge is 2.48. The Morgan fingerprint density at radius 3 is 2.32 bits per heavy atom. The van der Waals surface area contributed by atoms with Gasteiger partial charge in [0.05, 0.1) is 6.54 Å². The first kappa shape index (κ1) is 34.6. The molecule has 1 unspecified atom stereocenters. The number of halogens is 3. The maximum Gasteiger partial charge on any atom is 0.401 e. The van der Waals surface area contributed by atoms with Crippen molar-refractivity contribution >= 4 is 23.6 Å². The molecule has 0 bridgehead atoms. The molecule has 0 spiro atoms. The lowest BCUT2D eigenvalue weighted by molar-refractivity contribution is -0.153. The lowest BCUT2D eigenvalue weighted by Crippen LogP contribution is -2.48. The van der Waals surface area contributed by atoms with Crippen LogP contribution in [0.3, 0.4) is 0 Å². The smallest absolute Gasteiger partial charge is 0.401 e. The van der Waals surface area contributed by atoms with E-state index in [0.717, 1.165) is 10.6 Å². The van der Waals surface area contributed by atoms with Crippen molar-refractivity contribution in [2.24, 2.45) is 5.92 Å². The van der Waals surface area contributed by atoms with Gasteiger partial charge in [-0.05, 0) is 65.0 Å². The summed E-state index contributed by atoms with van der Waals surface area (Å²) in [5.41, 5.74) is 3.04. The first-order valence-electron chi connectivity index (χ1n) is 15.5. The number of H-pyrrole nitrogens is 1. The van der Waals surface area contributed by atoms with Crippen LogP contribution in [0.2, 0.25) is 0 Å². The number of carbonyl (C=O) groups excluding carboxylic acids is 1. The van der Waals surface area contributed by atoms with Crippen LogP contribution in [0.25, 0.3) is 11.1 Å². The van der Waals surface area contributed by atoms with Crippen molar-refractivity contribution in [2.75, 3.05) is 38.8 Å². The van der Waals surface area contributed by atoms with Crippen LogP contribution in [-0.4, -0.2) is 77.7 Å². The minimum Gasteiger partial charge on any atom is -0.448 e. The number of aromatic nitrogens is 3. The van der Waals surface area contributed by atoms with Crippen LogP contribution in [-0.2, 0) is 6.54 Å². The third kappa shape index (κ3) is 7.38. The minimum absolute atomic E-state index is 0.0260. The lowest BCUT2D eigenvalue weighted by Gasteiger charge is -2.40. The topological polar surface area (TPSA) is 113 Å². The van der Waals surface area contributed by atoms with Gasteiger partial charge in [0, 0.05) is 90.3 Å². The van der Waals surface area contributed by atoms with Crippen molar-refractivity contribution in [2.45, 2.75) is 75.9 Å². The molecule has 2 aliphatic rings. The molecule has 1 amide bonds. The van der Waals surface area contributed by atoms with Crippen molar-refractivity contribution in [3.05, 3.63) is 57.3 Å². The number of pyridine rings is 1. The van der Waals surface area contributed by atoms with Crippen LogP contribution in [0.5, 0.6) is 11.5 Å². The number of rotatable bonds is 9. The number of aryl methyl sites for hydroxylation is 1.